The molecule has 0 aliphatic rings. The van der Waals surface area contributed by atoms with E-state index in [2.05, 4.69) is 15.5 Å². The number of rotatable bonds is 6. The fourth-order valence-corrected chi connectivity index (χ4v) is 4.22. The van der Waals surface area contributed by atoms with E-state index in [1.54, 1.807) is 28.8 Å². The molecule has 0 spiro atoms. The Morgan fingerprint density at radius 2 is 1.66 bits per heavy atom. The van der Waals surface area contributed by atoms with Crippen LogP contribution in [0.3, 0.4) is 0 Å². The average molecular weight is 541 g/mol. The maximum Gasteiger partial charge on any atom is 0.417 e. The predicted octanol–water partition coefficient (Wildman–Crippen LogP) is 7.13. The molecule has 0 saturated carbocycles. The van der Waals surface area contributed by atoms with Crippen molar-refractivity contribution >= 4 is 46.6 Å². The Balaban J connectivity index is 1.57. The molecule has 0 aliphatic heterocycles. The molecule has 5 nitrogen and oxygen atoms in total. The standard InChI is InChI=1S/C23H14Cl2F4N4OS/c24-14-3-1-13(2-4-14)21-31-32-22(33(21)17-8-5-15(26)6-9-17)35-12-20(34)30-16-7-10-19(25)18(11-16)23(27,28)29/h1-11H,12H2,(H,30,34). The van der Waals surface area contributed by atoms with Crippen LogP contribution in [0.5, 0.6) is 0 Å². The van der Waals surface area contributed by atoms with E-state index in [4.69, 9.17) is 23.2 Å². The molecule has 0 bridgehead atoms. The molecule has 12 heteroatoms. The molecule has 1 aromatic heterocycles. The van der Waals surface area contributed by atoms with E-state index in [9.17, 15) is 22.4 Å². The molecule has 1 amide bonds. The Morgan fingerprint density at radius 1 is 0.971 bits per heavy atom. The quantitative estimate of drug-likeness (QED) is 0.209. The number of halogens is 6. The molecular weight excluding hydrogens is 527 g/mol. The number of nitrogens with zero attached hydrogens (tertiary/aromatic N) is 3. The third-order valence-electron chi connectivity index (χ3n) is 4.71. The van der Waals surface area contributed by atoms with E-state index in [-0.39, 0.29) is 11.4 Å². The highest BCUT2D eigenvalue weighted by Gasteiger charge is 2.33. The molecule has 35 heavy (non-hydrogen) atoms. The molecule has 4 aromatic rings. The van der Waals surface area contributed by atoms with Crippen LogP contribution in [-0.2, 0) is 11.0 Å². The van der Waals surface area contributed by atoms with Crippen molar-refractivity contribution in [1.29, 1.82) is 0 Å². The maximum absolute atomic E-state index is 13.5. The summed E-state index contributed by atoms with van der Waals surface area (Å²) >= 11 is 12.6. The van der Waals surface area contributed by atoms with Crippen molar-refractivity contribution in [2.24, 2.45) is 0 Å². The zero-order valence-corrected chi connectivity index (χ0v) is 19.8. The predicted molar refractivity (Wildman–Crippen MR) is 128 cm³/mol. The van der Waals surface area contributed by atoms with Crippen molar-refractivity contribution < 1.29 is 22.4 Å². The Hall–Kier alpha value is -3.08. The number of hydrogen-bond acceptors (Lipinski definition) is 4. The summed E-state index contributed by atoms with van der Waals surface area (Å²) in [6, 6.07) is 15.6. The van der Waals surface area contributed by atoms with E-state index >= 15 is 0 Å². The molecule has 0 radical (unpaired) electrons. The van der Waals surface area contributed by atoms with Gasteiger partial charge in [-0.1, -0.05) is 35.0 Å². The van der Waals surface area contributed by atoms with Crippen LogP contribution in [0.4, 0.5) is 23.2 Å². The first-order valence-electron chi connectivity index (χ1n) is 9.88. The number of benzene rings is 3. The number of thioether (sulfide) groups is 1. The summed E-state index contributed by atoms with van der Waals surface area (Å²) in [5.41, 5.74) is 0.141. The van der Waals surface area contributed by atoms with Crippen LogP contribution in [-0.4, -0.2) is 26.4 Å². The number of hydrogen-bond donors (Lipinski definition) is 1. The molecule has 180 valence electrons. The summed E-state index contributed by atoms with van der Waals surface area (Å²) in [4.78, 5) is 12.5. The molecule has 1 N–H and O–H groups in total. The van der Waals surface area contributed by atoms with Gasteiger partial charge in [-0.15, -0.1) is 10.2 Å². The molecule has 0 saturated heterocycles. The van der Waals surface area contributed by atoms with E-state index in [0.29, 0.717) is 27.3 Å². The van der Waals surface area contributed by atoms with Gasteiger partial charge in [0.05, 0.1) is 16.3 Å². The lowest BCUT2D eigenvalue weighted by Gasteiger charge is -2.12. The maximum atomic E-state index is 13.5. The third-order valence-corrected chi connectivity index (χ3v) is 6.22. The van der Waals surface area contributed by atoms with Gasteiger partial charge in [-0.25, -0.2) is 4.39 Å². The van der Waals surface area contributed by atoms with Crippen LogP contribution in [0.15, 0.2) is 71.9 Å². The zero-order chi connectivity index (χ0) is 25.2. The largest absolute Gasteiger partial charge is 0.417 e. The lowest BCUT2D eigenvalue weighted by atomic mass is 10.2. The molecule has 0 aliphatic carbocycles. The fraction of sp³-hybridized carbons (Fsp3) is 0.0870. The van der Waals surface area contributed by atoms with E-state index in [0.717, 1.165) is 23.9 Å². The fourth-order valence-electron chi connectivity index (χ4n) is 3.12. The highest BCUT2D eigenvalue weighted by atomic mass is 35.5. The molecule has 0 atom stereocenters. The second kappa shape index (κ2) is 10.3. The van der Waals surface area contributed by atoms with Gasteiger partial charge in [-0.2, -0.15) is 13.2 Å². The van der Waals surface area contributed by atoms with E-state index in [1.807, 2.05) is 0 Å². The monoisotopic (exact) mass is 540 g/mol. The lowest BCUT2D eigenvalue weighted by Crippen LogP contribution is -2.15. The minimum Gasteiger partial charge on any atom is -0.325 e. The van der Waals surface area contributed by atoms with Crippen molar-refractivity contribution in [3.8, 4) is 17.1 Å². The summed E-state index contributed by atoms with van der Waals surface area (Å²) in [7, 11) is 0. The van der Waals surface area contributed by atoms with Crippen LogP contribution in [0.25, 0.3) is 17.1 Å². The Morgan fingerprint density at radius 3 is 2.31 bits per heavy atom. The highest BCUT2D eigenvalue weighted by Crippen LogP contribution is 2.36. The Labute approximate surface area is 211 Å². The second-order valence-corrected chi connectivity index (χ2v) is 8.94. The topological polar surface area (TPSA) is 59.8 Å². The van der Waals surface area contributed by atoms with E-state index < -0.39 is 28.5 Å². The van der Waals surface area contributed by atoms with Crippen LogP contribution in [0, 0.1) is 5.82 Å². The minimum atomic E-state index is -4.66. The number of alkyl halides is 3. The molecular formula is C23H14Cl2F4N4OS. The lowest BCUT2D eigenvalue weighted by molar-refractivity contribution is -0.137. The van der Waals surface area contributed by atoms with Crippen LogP contribution in [0.1, 0.15) is 5.56 Å². The SMILES string of the molecule is O=C(CSc1nnc(-c2ccc(Cl)cc2)n1-c1ccc(F)cc1)Nc1ccc(Cl)c(C(F)(F)F)c1. The van der Waals surface area contributed by atoms with Crippen molar-refractivity contribution in [1.82, 2.24) is 14.8 Å². The average Bonchev–Trinajstić information content (AvgIpc) is 3.23. The summed E-state index contributed by atoms with van der Waals surface area (Å²) in [6.07, 6.45) is -4.66. The summed E-state index contributed by atoms with van der Waals surface area (Å²) in [5.74, 6) is -0.732. The van der Waals surface area contributed by atoms with Gasteiger partial charge in [0.25, 0.3) is 0 Å². The van der Waals surface area contributed by atoms with Gasteiger partial charge < -0.3 is 5.32 Å². The molecule has 4 rings (SSSR count). The van der Waals surface area contributed by atoms with Gasteiger partial charge in [0, 0.05) is 22.0 Å². The third kappa shape index (κ3) is 5.95. The number of carbonyl (C=O) groups excluding carboxylic acids is 1. The van der Waals surface area contributed by atoms with E-state index in [1.165, 1.54) is 30.3 Å². The number of anilines is 1. The first-order valence-corrected chi connectivity index (χ1v) is 11.6. The summed E-state index contributed by atoms with van der Waals surface area (Å²) in [5, 5.41) is 11.2. The van der Waals surface area contributed by atoms with Gasteiger partial charge in [0.1, 0.15) is 5.82 Å². The van der Waals surface area contributed by atoms with Crippen molar-refractivity contribution in [2.45, 2.75) is 11.3 Å². The van der Waals surface area contributed by atoms with Gasteiger partial charge in [-0.3, -0.25) is 9.36 Å². The normalized spacial score (nSPS) is 11.5. The van der Waals surface area contributed by atoms with Gasteiger partial charge in [-0.05, 0) is 66.7 Å². The minimum absolute atomic E-state index is 0.0471. The first-order chi connectivity index (χ1) is 16.6. The second-order valence-electron chi connectivity index (χ2n) is 7.15. The smallest absolute Gasteiger partial charge is 0.325 e. The van der Waals surface area contributed by atoms with Gasteiger partial charge in [0.15, 0.2) is 11.0 Å². The summed E-state index contributed by atoms with van der Waals surface area (Å²) in [6.45, 7) is 0. The highest BCUT2D eigenvalue weighted by molar-refractivity contribution is 7.99. The molecule has 1 heterocycles. The molecule has 0 fully saturated rings. The van der Waals surface area contributed by atoms with Crippen LogP contribution in [0.2, 0.25) is 10.0 Å². The van der Waals surface area contributed by atoms with Crippen molar-refractivity contribution in [3.63, 3.8) is 0 Å². The number of aromatic nitrogens is 3. The summed E-state index contributed by atoms with van der Waals surface area (Å²) < 4.78 is 54.4. The number of amides is 1. The van der Waals surface area contributed by atoms with Gasteiger partial charge >= 0.3 is 6.18 Å². The van der Waals surface area contributed by atoms with Crippen LogP contribution < -0.4 is 5.32 Å². The Kier molecular flexibility index (Phi) is 7.34. The number of nitrogens with one attached hydrogen (secondary N) is 1. The zero-order valence-electron chi connectivity index (χ0n) is 17.5. The van der Waals surface area contributed by atoms with Crippen molar-refractivity contribution in [3.05, 3.63) is 88.2 Å². The molecule has 3 aromatic carbocycles. The first kappa shape index (κ1) is 25.0. The van der Waals surface area contributed by atoms with Crippen LogP contribution >= 0.6 is 35.0 Å². The molecule has 0 unspecified atom stereocenters. The Bertz CT molecular complexity index is 1360. The van der Waals surface area contributed by atoms with Gasteiger partial charge in [0.2, 0.25) is 5.91 Å². The van der Waals surface area contributed by atoms with Crippen molar-refractivity contribution in [2.75, 3.05) is 11.1 Å². The number of carbonyl (C=O) groups is 1.